The molecule has 13 nitrogen and oxygen atoms in total. The molecule has 47 heavy (non-hydrogen) atoms. The van der Waals surface area contributed by atoms with Gasteiger partial charge in [-0.05, 0) is 44.5 Å². The molecule has 1 aliphatic heterocycles. The number of amides is 2. The van der Waals surface area contributed by atoms with Crippen LogP contribution in [-0.4, -0.2) is 79.7 Å². The number of aromatic nitrogens is 4. The van der Waals surface area contributed by atoms with Crippen LogP contribution < -0.4 is 15.5 Å². The van der Waals surface area contributed by atoms with Crippen molar-refractivity contribution in [3.05, 3.63) is 84.9 Å². The van der Waals surface area contributed by atoms with Gasteiger partial charge in [-0.3, -0.25) is 14.6 Å². The van der Waals surface area contributed by atoms with E-state index in [2.05, 4.69) is 30.5 Å². The number of carboxylic acid groups (broad SMARTS) is 1. The van der Waals surface area contributed by atoms with Gasteiger partial charge in [0.1, 0.15) is 23.1 Å². The van der Waals surface area contributed by atoms with E-state index < -0.39 is 17.5 Å². The molecule has 1 aromatic carbocycles. The van der Waals surface area contributed by atoms with Crippen molar-refractivity contribution in [2.45, 2.75) is 45.1 Å². The Morgan fingerprint density at radius 1 is 0.915 bits per heavy atom. The van der Waals surface area contributed by atoms with Gasteiger partial charge in [-0.15, -0.1) is 0 Å². The number of benzene rings is 1. The largest absolute Gasteiger partial charge is 0.481 e. The highest BCUT2D eigenvalue weighted by Crippen LogP contribution is 2.29. The molecule has 4 heterocycles. The molecule has 0 saturated carbocycles. The number of anilines is 4. The molecule has 1 aliphatic rings. The van der Waals surface area contributed by atoms with Gasteiger partial charge >= 0.3 is 12.1 Å². The van der Waals surface area contributed by atoms with Crippen molar-refractivity contribution in [3.63, 3.8) is 0 Å². The zero-order chi connectivity index (χ0) is 33.4. The van der Waals surface area contributed by atoms with Crippen LogP contribution in [0.15, 0.2) is 79.4 Å². The van der Waals surface area contributed by atoms with Crippen molar-refractivity contribution in [1.29, 1.82) is 0 Å². The molecule has 2 amide bonds. The molecule has 0 bridgehead atoms. The first kappa shape index (κ1) is 32.8. The fourth-order valence-corrected chi connectivity index (χ4v) is 5.18. The number of nitrogens with zero attached hydrogens (tertiary/aromatic N) is 6. The van der Waals surface area contributed by atoms with Crippen molar-refractivity contribution in [3.8, 4) is 11.3 Å². The number of nitrogens with one attached hydrogen (secondary N) is 2. The molecule has 13 heteroatoms. The second-order valence-corrected chi connectivity index (χ2v) is 12.2. The van der Waals surface area contributed by atoms with E-state index in [1.807, 2.05) is 63.2 Å². The molecule has 1 unspecified atom stereocenters. The van der Waals surface area contributed by atoms with Crippen LogP contribution in [0.25, 0.3) is 11.3 Å². The maximum absolute atomic E-state index is 13.3. The number of aliphatic carboxylic acids is 1. The minimum atomic E-state index is -0.979. The lowest BCUT2D eigenvalue weighted by Gasteiger charge is -2.36. The summed E-state index contributed by atoms with van der Waals surface area (Å²) < 4.78 is 5.52. The molecule has 0 spiro atoms. The van der Waals surface area contributed by atoms with Crippen LogP contribution in [0, 0.1) is 0 Å². The van der Waals surface area contributed by atoms with Gasteiger partial charge in [0.05, 0.1) is 18.3 Å². The Labute approximate surface area is 273 Å². The first-order valence-electron chi connectivity index (χ1n) is 15.3. The monoisotopic (exact) mass is 638 g/mol. The number of rotatable bonds is 10. The summed E-state index contributed by atoms with van der Waals surface area (Å²) in [5.74, 6) is -0.184. The quantitative estimate of drug-likeness (QED) is 0.206. The molecule has 0 aliphatic carbocycles. The van der Waals surface area contributed by atoms with Gasteiger partial charge in [0.15, 0.2) is 0 Å². The van der Waals surface area contributed by atoms with Gasteiger partial charge < -0.3 is 30.3 Å². The first-order valence-corrected chi connectivity index (χ1v) is 15.3. The Morgan fingerprint density at radius 2 is 1.68 bits per heavy atom. The van der Waals surface area contributed by atoms with Crippen molar-refractivity contribution < 1.29 is 24.2 Å². The minimum Gasteiger partial charge on any atom is -0.481 e. The third kappa shape index (κ3) is 9.45. The van der Waals surface area contributed by atoms with E-state index in [0.29, 0.717) is 49.2 Å². The van der Waals surface area contributed by atoms with E-state index in [4.69, 9.17) is 9.72 Å². The normalized spacial score (nSPS) is 13.9. The predicted octanol–water partition coefficient (Wildman–Crippen LogP) is 5.32. The first-order chi connectivity index (χ1) is 22.5. The number of hydrogen-bond acceptors (Lipinski definition) is 10. The van der Waals surface area contributed by atoms with Crippen molar-refractivity contribution in [2.75, 3.05) is 41.7 Å². The molecule has 3 N–H and O–H groups in total. The van der Waals surface area contributed by atoms with Crippen LogP contribution >= 0.6 is 0 Å². The summed E-state index contributed by atoms with van der Waals surface area (Å²) in [5, 5.41) is 15.6. The van der Waals surface area contributed by atoms with Gasteiger partial charge in [-0.25, -0.2) is 19.7 Å². The molecule has 1 saturated heterocycles. The highest BCUT2D eigenvalue weighted by molar-refractivity contribution is 5.93. The van der Waals surface area contributed by atoms with Crippen LogP contribution in [0.2, 0.25) is 0 Å². The van der Waals surface area contributed by atoms with E-state index in [1.165, 1.54) is 0 Å². The fourth-order valence-electron chi connectivity index (χ4n) is 5.18. The second-order valence-electron chi connectivity index (χ2n) is 12.2. The number of piperazine rings is 1. The van der Waals surface area contributed by atoms with Crippen LogP contribution in [0.1, 0.15) is 45.1 Å². The summed E-state index contributed by atoms with van der Waals surface area (Å²) >= 11 is 0. The average molecular weight is 639 g/mol. The predicted molar refractivity (Wildman–Crippen MR) is 177 cm³/mol. The Bertz CT molecular complexity index is 1690. The Hall–Kier alpha value is -5.59. The zero-order valence-corrected chi connectivity index (χ0v) is 26.6. The number of carbonyl (C=O) groups is 3. The minimum absolute atomic E-state index is 0.0183. The van der Waals surface area contributed by atoms with Crippen LogP contribution in [-0.2, 0) is 14.3 Å². The lowest BCUT2D eigenvalue weighted by molar-refractivity contribution is -0.137. The third-order valence-electron chi connectivity index (χ3n) is 7.35. The number of carbonyl (C=O) groups excluding carboxylic acids is 2. The summed E-state index contributed by atoms with van der Waals surface area (Å²) in [6.07, 6.45) is 5.85. The fraction of sp³-hybridized carbons (Fsp3) is 0.324. The lowest BCUT2D eigenvalue weighted by atomic mass is 9.92. The summed E-state index contributed by atoms with van der Waals surface area (Å²) in [6, 6.07) is 16.3. The number of pyridine rings is 2. The highest BCUT2D eigenvalue weighted by Gasteiger charge is 2.26. The topological polar surface area (TPSA) is 163 Å². The molecular weight excluding hydrogens is 600 g/mol. The average Bonchev–Trinajstić information content (AvgIpc) is 3.04. The van der Waals surface area contributed by atoms with Crippen molar-refractivity contribution >= 4 is 41.1 Å². The summed E-state index contributed by atoms with van der Waals surface area (Å²) in [7, 11) is 0. The standard InChI is InChI=1S/C34H38N8O5/c1-34(2,3)47-33(46)42-15-13-41(14-16-42)30-17-24(9-10-37-30)27-20-26(21-28(39-27)40-29-22-35-11-12-36-29)38-31(43)18-25(19-32(44)45)23-7-5-4-6-8-23/h4-12,17,20-22,25H,13-16,18-19H2,1-3H3,(H,44,45)(H2,36,38,39,40,43). The smallest absolute Gasteiger partial charge is 0.410 e. The van der Waals surface area contributed by atoms with E-state index in [-0.39, 0.29) is 24.8 Å². The Morgan fingerprint density at radius 3 is 2.36 bits per heavy atom. The molecule has 5 rings (SSSR count). The van der Waals surface area contributed by atoms with E-state index in [0.717, 1.165) is 16.9 Å². The van der Waals surface area contributed by atoms with Crippen molar-refractivity contribution in [1.82, 2.24) is 24.8 Å². The van der Waals surface area contributed by atoms with Gasteiger partial charge in [0, 0.05) is 74.4 Å². The number of hydrogen-bond donors (Lipinski definition) is 3. The Balaban J connectivity index is 1.36. The third-order valence-corrected chi connectivity index (χ3v) is 7.35. The van der Waals surface area contributed by atoms with Gasteiger partial charge in [-0.2, -0.15) is 0 Å². The molecular formula is C34H38N8O5. The highest BCUT2D eigenvalue weighted by atomic mass is 16.6. The molecule has 244 valence electrons. The second kappa shape index (κ2) is 14.7. The molecule has 1 fully saturated rings. The van der Waals surface area contributed by atoms with E-state index in [9.17, 15) is 19.5 Å². The molecule has 3 aromatic heterocycles. The maximum Gasteiger partial charge on any atom is 0.410 e. The zero-order valence-electron chi connectivity index (χ0n) is 26.6. The number of ether oxygens (including phenoxy) is 1. The van der Waals surface area contributed by atoms with Gasteiger partial charge in [0.25, 0.3) is 0 Å². The molecule has 0 radical (unpaired) electrons. The Kier molecular flexibility index (Phi) is 10.2. The van der Waals surface area contributed by atoms with E-state index in [1.54, 1.807) is 41.8 Å². The summed E-state index contributed by atoms with van der Waals surface area (Å²) in [6.45, 7) is 7.70. The van der Waals surface area contributed by atoms with Crippen LogP contribution in [0.4, 0.5) is 27.9 Å². The van der Waals surface area contributed by atoms with Gasteiger partial charge in [-0.1, -0.05) is 30.3 Å². The summed E-state index contributed by atoms with van der Waals surface area (Å²) in [5.41, 5.74) is 2.01. The number of carboxylic acids is 1. The summed E-state index contributed by atoms with van der Waals surface area (Å²) in [4.78, 5) is 58.9. The molecule has 4 aromatic rings. The lowest BCUT2D eigenvalue weighted by Crippen LogP contribution is -2.50. The maximum atomic E-state index is 13.3. The van der Waals surface area contributed by atoms with Crippen LogP contribution in [0.3, 0.4) is 0 Å². The SMILES string of the molecule is CC(C)(C)OC(=O)N1CCN(c2cc(-c3cc(NC(=O)CC(CC(=O)O)c4ccccc4)cc(Nc4cnccn4)n3)ccn2)CC1. The van der Waals surface area contributed by atoms with E-state index >= 15 is 0 Å². The van der Waals surface area contributed by atoms with Crippen molar-refractivity contribution in [2.24, 2.45) is 0 Å². The van der Waals surface area contributed by atoms with Gasteiger partial charge in [0.2, 0.25) is 5.91 Å². The van der Waals surface area contributed by atoms with Crippen LogP contribution in [0.5, 0.6) is 0 Å². The molecule has 1 atom stereocenters.